The molecule has 3 N–H and O–H groups in total. The van der Waals surface area contributed by atoms with Crippen molar-refractivity contribution in [3.8, 4) is 22.5 Å². The maximum atomic E-state index is 12.1. The number of hydrogen-bond donors (Lipinski definition) is 3. The number of anilines is 2. The minimum Gasteiger partial charge on any atom is -0.385 e. The van der Waals surface area contributed by atoms with E-state index in [9.17, 15) is 9.90 Å². The maximum absolute atomic E-state index is 12.1. The summed E-state index contributed by atoms with van der Waals surface area (Å²) >= 11 is 1.36. The van der Waals surface area contributed by atoms with Gasteiger partial charge in [0, 0.05) is 49.4 Å². The number of rotatable bonds is 6. The molecule has 36 heavy (non-hydrogen) atoms. The lowest BCUT2D eigenvalue weighted by Crippen LogP contribution is -2.36. The molecule has 1 aromatic carbocycles. The van der Waals surface area contributed by atoms with Crippen molar-refractivity contribution < 1.29 is 14.6 Å². The van der Waals surface area contributed by atoms with Gasteiger partial charge in [0.1, 0.15) is 11.9 Å². The molecule has 1 saturated heterocycles. The molecule has 2 amide bonds. The smallest absolute Gasteiger partial charge is 0.321 e. The van der Waals surface area contributed by atoms with Crippen molar-refractivity contribution in [1.82, 2.24) is 30.2 Å². The molecule has 0 saturated carbocycles. The number of aliphatic hydroxyl groups is 1. The van der Waals surface area contributed by atoms with Gasteiger partial charge in [0.15, 0.2) is 16.8 Å². The van der Waals surface area contributed by atoms with Crippen molar-refractivity contribution in [2.45, 2.75) is 20.0 Å². The third-order valence-corrected chi connectivity index (χ3v) is 6.66. The Kier molecular flexibility index (Phi) is 6.98. The van der Waals surface area contributed by atoms with E-state index >= 15 is 0 Å². The van der Waals surface area contributed by atoms with Crippen LogP contribution in [0.3, 0.4) is 0 Å². The molecular weight excluding hydrogens is 480 g/mol. The number of thiazole rings is 1. The molecule has 1 unspecified atom stereocenters. The molecule has 4 heterocycles. The molecule has 12 heteroatoms. The molecular formula is C24H26N8O3S. The van der Waals surface area contributed by atoms with Crippen LogP contribution in [0.25, 0.3) is 32.7 Å². The number of carbonyl (C=O) groups excluding carboxylic acids is 1. The Labute approximate surface area is 211 Å². The van der Waals surface area contributed by atoms with Crippen LogP contribution in [0.5, 0.6) is 0 Å². The molecule has 4 aromatic rings. The minimum absolute atomic E-state index is 0.314. The molecule has 0 spiro atoms. The first-order valence-electron chi connectivity index (χ1n) is 11.7. The second-order valence-electron chi connectivity index (χ2n) is 8.22. The molecule has 1 fully saturated rings. The van der Waals surface area contributed by atoms with Gasteiger partial charge >= 0.3 is 6.03 Å². The lowest BCUT2D eigenvalue weighted by atomic mass is 10.0. The number of nitrogens with zero attached hydrogens (tertiary/aromatic N) is 6. The van der Waals surface area contributed by atoms with Gasteiger partial charge in [-0.3, -0.25) is 5.32 Å². The number of ether oxygens (including phenoxy) is 1. The van der Waals surface area contributed by atoms with Crippen LogP contribution in [0.2, 0.25) is 0 Å². The van der Waals surface area contributed by atoms with Gasteiger partial charge in [-0.05, 0) is 37.6 Å². The molecule has 5 rings (SSSR count). The topological polar surface area (TPSA) is 138 Å². The average Bonchev–Trinajstić information content (AvgIpc) is 3.31. The van der Waals surface area contributed by atoms with E-state index in [2.05, 4.69) is 35.5 Å². The number of amides is 2. The Hall–Kier alpha value is -3.74. The van der Waals surface area contributed by atoms with E-state index in [1.54, 1.807) is 25.5 Å². The van der Waals surface area contributed by atoms with Gasteiger partial charge in [0.2, 0.25) is 0 Å². The Morgan fingerprint density at radius 3 is 2.67 bits per heavy atom. The largest absolute Gasteiger partial charge is 0.385 e. The maximum Gasteiger partial charge on any atom is 0.321 e. The van der Waals surface area contributed by atoms with Crippen molar-refractivity contribution >= 4 is 38.5 Å². The van der Waals surface area contributed by atoms with Crippen molar-refractivity contribution in [1.29, 1.82) is 0 Å². The highest BCUT2D eigenvalue weighted by molar-refractivity contribution is 7.22. The van der Waals surface area contributed by atoms with E-state index < -0.39 is 6.10 Å². The predicted octanol–water partition coefficient (Wildman–Crippen LogP) is 3.24. The molecule has 0 radical (unpaired) electrons. The lowest BCUT2D eigenvalue weighted by molar-refractivity contribution is 0.122. The van der Waals surface area contributed by atoms with Crippen LogP contribution >= 0.6 is 11.3 Å². The Morgan fingerprint density at radius 1 is 1.17 bits per heavy atom. The molecule has 1 atom stereocenters. The number of urea groups is 1. The van der Waals surface area contributed by atoms with Crippen molar-refractivity contribution in [2.24, 2.45) is 0 Å². The normalized spacial score (nSPS) is 14.6. The minimum atomic E-state index is -0.755. The number of benzene rings is 1. The SMILES string of the molecule is CCNC(=O)Nc1nc2cc(-c3cnc(C(C)O)nc3)cc(-c3nccc(N4CCOCC4)n3)c2s1. The van der Waals surface area contributed by atoms with E-state index in [4.69, 9.17) is 9.72 Å². The monoisotopic (exact) mass is 506 g/mol. The third kappa shape index (κ3) is 5.10. The summed E-state index contributed by atoms with van der Waals surface area (Å²) < 4.78 is 6.33. The zero-order chi connectivity index (χ0) is 25.1. The summed E-state index contributed by atoms with van der Waals surface area (Å²) in [6.45, 7) is 6.83. The quantitative estimate of drug-likeness (QED) is 0.360. The zero-order valence-corrected chi connectivity index (χ0v) is 20.7. The van der Waals surface area contributed by atoms with E-state index in [1.165, 1.54) is 11.3 Å². The number of aromatic nitrogens is 5. The fourth-order valence-corrected chi connectivity index (χ4v) is 4.82. The first kappa shape index (κ1) is 24.0. The summed E-state index contributed by atoms with van der Waals surface area (Å²) in [5.41, 5.74) is 3.07. The molecule has 1 aliphatic heterocycles. The van der Waals surface area contributed by atoms with Crippen LogP contribution in [-0.2, 0) is 4.74 Å². The highest BCUT2D eigenvalue weighted by atomic mass is 32.1. The molecule has 11 nitrogen and oxygen atoms in total. The van der Waals surface area contributed by atoms with Crippen LogP contribution in [0.15, 0.2) is 36.8 Å². The predicted molar refractivity (Wildman–Crippen MR) is 138 cm³/mol. The van der Waals surface area contributed by atoms with Crippen LogP contribution in [0.1, 0.15) is 25.8 Å². The average molecular weight is 507 g/mol. The summed E-state index contributed by atoms with van der Waals surface area (Å²) in [6.07, 6.45) is 4.34. The van der Waals surface area contributed by atoms with Gasteiger partial charge in [-0.2, -0.15) is 0 Å². The van der Waals surface area contributed by atoms with E-state index in [0.29, 0.717) is 42.1 Å². The second kappa shape index (κ2) is 10.5. The molecule has 186 valence electrons. The summed E-state index contributed by atoms with van der Waals surface area (Å²) in [4.78, 5) is 36.9. The molecule has 0 bridgehead atoms. The fourth-order valence-electron chi connectivity index (χ4n) is 3.87. The summed E-state index contributed by atoms with van der Waals surface area (Å²) in [6, 6.07) is 5.49. The number of nitrogens with one attached hydrogen (secondary N) is 2. The van der Waals surface area contributed by atoms with Crippen LogP contribution in [0, 0.1) is 0 Å². The first-order valence-corrected chi connectivity index (χ1v) is 12.5. The number of fused-ring (bicyclic) bond motifs is 1. The summed E-state index contributed by atoms with van der Waals surface area (Å²) in [7, 11) is 0. The number of morpholine rings is 1. The second-order valence-corrected chi connectivity index (χ2v) is 9.22. The number of hydrogen-bond acceptors (Lipinski definition) is 10. The van der Waals surface area contributed by atoms with Crippen LogP contribution in [0.4, 0.5) is 15.7 Å². The number of aliphatic hydroxyl groups excluding tert-OH is 1. The molecule has 1 aliphatic rings. The van der Waals surface area contributed by atoms with Crippen LogP contribution in [-0.4, -0.2) is 68.9 Å². The van der Waals surface area contributed by atoms with Gasteiger partial charge < -0.3 is 20.1 Å². The van der Waals surface area contributed by atoms with E-state index in [1.807, 2.05) is 25.1 Å². The van der Waals surface area contributed by atoms with Gasteiger partial charge in [-0.1, -0.05) is 11.3 Å². The van der Waals surface area contributed by atoms with Crippen molar-refractivity contribution in [3.63, 3.8) is 0 Å². The van der Waals surface area contributed by atoms with Crippen LogP contribution < -0.4 is 15.5 Å². The highest BCUT2D eigenvalue weighted by Gasteiger charge is 2.19. The molecule has 0 aliphatic carbocycles. The zero-order valence-electron chi connectivity index (χ0n) is 19.9. The summed E-state index contributed by atoms with van der Waals surface area (Å²) in [5.74, 6) is 1.74. The molecule has 3 aromatic heterocycles. The first-order chi connectivity index (χ1) is 17.5. The number of carbonyl (C=O) groups is 1. The fraction of sp³-hybridized carbons (Fsp3) is 0.333. The van der Waals surface area contributed by atoms with Gasteiger partial charge in [-0.15, -0.1) is 0 Å². The highest BCUT2D eigenvalue weighted by Crippen LogP contribution is 2.38. The van der Waals surface area contributed by atoms with Gasteiger partial charge in [0.05, 0.1) is 23.4 Å². The van der Waals surface area contributed by atoms with Crippen molar-refractivity contribution in [2.75, 3.05) is 43.1 Å². The Morgan fingerprint density at radius 2 is 1.94 bits per heavy atom. The van der Waals surface area contributed by atoms with Crippen molar-refractivity contribution in [3.05, 3.63) is 42.6 Å². The third-order valence-electron chi connectivity index (χ3n) is 5.64. The van der Waals surface area contributed by atoms with Gasteiger partial charge in [0.25, 0.3) is 0 Å². The standard InChI is InChI=1S/C24H26N8O3S/c1-3-25-23(34)31-24-29-18-11-15(16-12-27-21(14(2)33)28-13-16)10-17(20(18)36-24)22-26-5-4-19(30-22)32-6-8-35-9-7-32/h4-5,10-14,33H,3,6-9H2,1-2H3,(H2,25,29,31,34). The lowest BCUT2D eigenvalue weighted by Gasteiger charge is -2.27. The van der Waals surface area contributed by atoms with Gasteiger partial charge in [-0.25, -0.2) is 29.7 Å². The van der Waals surface area contributed by atoms with E-state index in [-0.39, 0.29) is 6.03 Å². The summed E-state index contributed by atoms with van der Waals surface area (Å²) in [5, 5.41) is 15.8. The Bertz CT molecular complexity index is 1370. The van der Waals surface area contributed by atoms with E-state index in [0.717, 1.165) is 40.3 Å². The Balaban J connectivity index is 1.60.